The predicted octanol–water partition coefficient (Wildman–Crippen LogP) is -0.587. The zero-order valence-electron chi connectivity index (χ0n) is 7.12. The summed E-state index contributed by atoms with van der Waals surface area (Å²) < 4.78 is 0. The number of carbonyl (C=O) groups is 2. The fourth-order valence-electron chi connectivity index (χ4n) is 1.52. The van der Waals surface area contributed by atoms with E-state index in [2.05, 4.69) is 5.32 Å². The first-order valence-electron chi connectivity index (χ1n) is 4.10. The van der Waals surface area contributed by atoms with E-state index in [9.17, 15) is 9.59 Å². The van der Waals surface area contributed by atoms with Crippen LogP contribution < -0.4 is 16.6 Å². The summed E-state index contributed by atoms with van der Waals surface area (Å²) in [5.41, 5.74) is 2.04. The van der Waals surface area contributed by atoms with Gasteiger partial charge < -0.3 is 10.4 Å². The maximum atomic E-state index is 10.8. The van der Waals surface area contributed by atoms with E-state index in [-0.39, 0.29) is 17.9 Å². The van der Waals surface area contributed by atoms with Crippen LogP contribution in [0.3, 0.4) is 0 Å². The van der Waals surface area contributed by atoms with Crippen molar-refractivity contribution >= 4 is 12.0 Å². The first kappa shape index (κ1) is 9.79. The number of carboxylic acid groups (broad SMARTS) is 1. The van der Waals surface area contributed by atoms with Crippen LogP contribution in [0.15, 0.2) is 0 Å². The number of carbonyl (C=O) groups excluding carboxylic acids is 1. The summed E-state index contributed by atoms with van der Waals surface area (Å²) in [7, 11) is 0. The van der Waals surface area contributed by atoms with Gasteiger partial charge in [-0.05, 0) is 18.8 Å². The standard InChI is InChI=1S/C7H13N3O3/c8-10-6(11)3-4-1-5(2-4)9-7(12)13/h4-5,9H,1-3,8H2,(H,10,11)(H,12,13). The molecule has 13 heavy (non-hydrogen) atoms. The quantitative estimate of drug-likeness (QED) is 0.269. The molecular weight excluding hydrogens is 174 g/mol. The molecule has 1 saturated carbocycles. The molecule has 1 fully saturated rings. The van der Waals surface area contributed by atoms with E-state index >= 15 is 0 Å². The highest BCUT2D eigenvalue weighted by Crippen LogP contribution is 2.29. The van der Waals surface area contributed by atoms with Gasteiger partial charge >= 0.3 is 6.09 Å². The van der Waals surface area contributed by atoms with Gasteiger partial charge in [-0.1, -0.05) is 0 Å². The van der Waals surface area contributed by atoms with Crippen LogP contribution in [0.1, 0.15) is 19.3 Å². The minimum Gasteiger partial charge on any atom is -0.465 e. The second kappa shape index (κ2) is 4.08. The molecule has 0 aromatic heterocycles. The Balaban J connectivity index is 2.11. The average molecular weight is 187 g/mol. The van der Waals surface area contributed by atoms with Gasteiger partial charge in [-0.25, -0.2) is 10.6 Å². The Labute approximate surface area is 75.5 Å². The highest BCUT2D eigenvalue weighted by molar-refractivity contribution is 5.75. The van der Waals surface area contributed by atoms with Crippen molar-refractivity contribution in [1.29, 1.82) is 0 Å². The largest absolute Gasteiger partial charge is 0.465 e. The van der Waals surface area contributed by atoms with Crippen molar-refractivity contribution in [2.24, 2.45) is 11.8 Å². The van der Waals surface area contributed by atoms with Gasteiger partial charge in [0, 0.05) is 12.5 Å². The van der Waals surface area contributed by atoms with Crippen molar-refractivity contribution in [3.63, 3.8) is 0 Å². The van der Waals surface area contributed by atoms with E-state index in [1.54, 1.807) is 0 Å². The Kier molecular flexibility index (Phi) is 3.07. The van der Waals surface area contributed by atoms with Crippen molar-refractivity contribution in [3.05, 3.63) is 0 Å². The summed E-state index contributed by atoms with van der Waals surface area (Å²) >= 11 is 0. The molecule has 0 aromatic carbocycles. The molecule has 0 unspecified atom stereocenters. The molecular formula is C7H13N3O3. The van der Waals surface area contributed by atoms with E-state index in [4.69, 9.17) is 10.9 Å². The van der Waals surface area contributed by atoms with E-state index in [1.165, 1.54) is 0 Å². The van der Waals surface area contributed by atoms with Gasteiger partial charge in [-0.15, -0.1) is 0 Å². The van der Waals surface area contributed by atoms with Gasteiger partial charge in [-0.2, -0.15) is 0 Å². The number of nitrogens with two attached hydrogens (primary N) is 1. The highest BCUT2D eigenvalue weighted by atomic mass is 16.4. The molecule has 0 heterocycles. The minimum absolute atomic E-state index is 0.00748. The lowest BCUT2D eigenvalue weighted by Gasteiger charge is -2.34. The molecule has 0 aliphatic heterocycles. The SMILES string of the molecule is NNC(=O)CC1CC(NC(=O)O)C1. The molecule has 6 nitrogen and oxygen atoms in total. The monoisotopic (exact) mass is 187 g/mol. The predicted molar refractivity (Wildman–Crippen MR) is 44.6 cm³/mol. The van der Waals surface area contributed by atoms with Gasteiger partial charge in [0.25, 0.3) is 0 Å². The first-order valence-corrected chi connectivity index (χ1v) is 4.10. The molecule has 1 aliphatic rings. The zero-order chi connectivity index (χ0) is 9.84. The Morgan fingerprint density at radius 1 is 1.46 bits per heavy atom. The molecule has 0 radical (unpaired) electrons. The fourth-order valence-corrected chi connectivity index (χ4v) is 1.52. The number of hydrogen-bond acceptors (Lipinski definition) is 3. The summed E-state index contributed by atoms with van der Waals surface area (Å²) in [6.45, 7) is 0. The Morgan fingerprint density at radius 3 is 2.54 bits per heavy atom. The van der Waals surface area contributed by atoms with Gasteiger partial charge in [0.1, 0.15) is 0 Å². The van der Waals surface area contributed by atoms with Gasteiger partial charge in [0.05, 0.1) is 0 Å². The second-order valence-corrected chi connectivity index (χ2v) is 3.26. The normalized spacial score (nSPS) is 25.9. The molecule has 0 atom stereocenters. The highest BCUT2D eigenvalue weighted by Gasteiger charge is 2.31. The first-order chi connectivity index (χ1) is 6.11. The fraction of sp³-hybridized carbons (Fsp3) is 0.714. The number of amides is 2. The number of hydrogen-bond donors (Lipinski definition) is 4. The van der Waals surface area contributed by atoms with Crippen molar-refractivity contribution in [2.45, 2.75) is 25.3 Å². The van der Waals surface area contributed by atoms with Gasteiger partial charge in [-0.3, -0.25) is 10.2 Å². The minimum atomic E-state index is -1.01. The maximum Gasteiger partial charge on any atom is 0.404 e. The molecule has 0 saturated heterocycles. The van der Waals surface area contributed by atoms with Crippen LogP contribution in [0.5, 0.6) is 0 Å². The van der Waals surface area contributed by atoms with Crippen LogP contribution in [-0.4, -0.2) is 23.1 Å². The molecule has 6 heteroatoms. The zero-order valence-corrected chi connectivity index (χ0v) is 7.12. The Bertz CT molecular complexity index is 213. The molecule has 0 bridgehead atoms. The Hall–Kier alpha value is -1.30. The Morgan fingerprint density at radius 2 is 2.08 bits per heavy atom. The van der Waals surface area contributed by atoms with Crippen LogP contribution in [0, 0.1) is 5.92 Å². The number of hydrazine groups is 1. The van der Waals surface area contributed by atoms with Crippen molar-refractivity contribution in [1.82, 2.24) is 10.7 Å². The summed E-state index contributed by atoms with van der Waals surface area (Å²) in [4.78, 5) is 20.9. The molecule has 0 aromatic rings. The van der Waals surface area contributed by atoms with Gasteiger partial charge in [0.2, 0.25) is 5.91 Å². The van der Waals surface area contributed by atoms with Crippen molar-refractivity contribution < 1.29 is 14.7 Å². The lowest BCUT2D eigenvalue weighted by molar-refractivity contribution is -0.122. The van der Waals surface area contributed by atoms with E-state index in [0.29, 0.717) is 6.42 Å². The average Bonchev–Trinajstić information content (AvgIpc) is 1.99. The van der Waals surface area contributed by atoms with E-state index in [0.717, 1.165) is 12.8 Å². The molecule has 5 N–H and O–H groups in total. The third-order valence-corrected chi connectivity index (χ3v) is 2.20. The topological polar surface area (TPSA) is 104 Å². The summed E-state index contributed by atoms with van der Waals surface area (Å²) in [5, 5.41) is 10.7. The molecule has 1 aliphatic carbocycles. The molecule has 2 amide bonds. The van der Waals surface area contributed by atoms with Crippen LogP contribution >= 0.6 is 0 Å². The smallest absolute Gasteiger partial charge is 0.404 e. The van der Waals surface area contributed by atoms with Crippen molar-refractivity contribution in [3.8, 4) is 0 Å². The van der Waals surface area contributed by atoms with Crippen LogP contribution in [-0.2, 0) is 4.79 Å². The van der Waals surface area contributed by atoms with Crippen molar-refractivity contribution in [2.75, 3.05) is 0 Å². The lowest BCUT2D eigenvalue weighted by Crippen LogP contribution is -2.45. The van der Waals surface area contributed by atoms with Crippen LogP contribution in [0.2, 0.25) is 0 Å². The van der Waals surface area contributed by atoms with E-state index in [1.807, 2.05) is 5.43 Å². The summed E-state index contributed by atoms with van der Waals surface area (Å²) in [6.07, 6.45) is 0.819. The second-order valence-electron chi connectivity index (χ2n) is 3.26. The van der Waals surface area contributed by atoms with Crippen LogP contribution in [0.25, 0.3) is 0 Å². The molecule has 74 valence electrons. The molecule has 1 rings (SSSR count). The lowest BCUT2D eigenvalue weighted by atomic mass is 9.78. The number of rotatable bonds is 3. The third-order valence-electron chi connectivity index (χ3n) is 2.20. The third kappa shape index (κ3) is 2.90. The van der Waals surface area contributed by atoms with Gasteiger partial charge in [0.15, 0.2) is 0 Å². The van der Waals surface area contributed by atoms with Crippen LogP contribution in [0.4, 0.5) is 4.79 Å². The van der Waals surface area contributed by atoms with E-state index < -0.39 is 6.09 Å². The maximum absolute atomic E-state index is 10.8. The summed E-state index contributed by atoms with van der Waals surface area (Å²) in [5.74, 6) is 4.97. The molecule has 0 spiro atoms. The number of nitrogens with one attached hydrogen (secondary N) is 2. The summed E-state index contributed by atoms with van der Waals surface area (Å²) in [6, 6.07) is 0.00748.